The number of amides is 1. The third-order valence-corrected chi connectivity index (χ3v) is 7.78. The Morgan fingerprint density at radius 1 is 1.08 bits per heavy atom. The lowest BCUT2D eigenvalue weighted by Gasteiger charge is -2.37. The number of benzene rings is 1. The van der Waals surface area contributed by atoms with Crippen LogP contribution < -0.4 is 15.4 Å². The Morgan fingerprint density at radius 2 is 1.81 bits per heavy atom. The molecule has 0 unspecified atom stereocenters. The molecule has 0 N–H and O–H groups in total. The fourth-order valence-corrected chi connectivity index (χ4v) is 5.77. The van der Waals surface area contributed by atoms with Crippen LogP contribution in [0, 0.1) is 5.82 Å². The second-order valence-corrected chi connectivity index (χ2v) is 10.4. The third-order valence-electron chi connectivity index (χ3n) is 6.40. The maximum atomic E-state index is 13.6. The zero-order chi connectivity index (χ0) is 25.9. The van der Waals surface area contributed by atoms with Crippen molar-refractivity contribution in [3.05, 3.63) is 75.3 Å². The van der Waals surface area contributed by atoms with Gasteiger partial charge in [-0.3, -0.25) is 18.9 Å². The first kappa shape index (κ1) is 25.4. The van der Waals surface area contributed by atoms with E-state index in [4.69, 9.17) is 21.9 Å². The zero-order valence-electron chi connectivity index (χ0n) is 20.3. The van der Waals surface area contributed by atoms with Gasteiger partial charge in [-0.05, 0) is 48.9 Å². The first-order valence-electron chi connectivity index (χ1n) is 12.0. The van der Waals surface area contributed by atoms with E-state index in [-0.39, 0.29) is 17.3 Å². The van der Waals surface area contributed by atoms with Crippen LogP contribution in [0.2, 0.25) is 0 Å². The summed E-state index contributed by atoms with van der Waals surface area (Å²) in [5.41, 5.74) is 1.60. The van der Waals surface area contributed by atoms with E-state index in [1.165, 1.54) is 28.3 Å². The van der Waals surface area contributed by atoms with Crippen molar-refractivity contribution in [1.82, 2.24) is 14.3 Å². The van der Waals surface area contributed by atoms with Crippen LogP contribution in [0.5, 0.6) is 0 Å². The topological polar surface area (TPSA) is 70.4 Å². The van der Waals surface area contributed by atoms with Crippen molar-refractivity contribution in [3.8, 4) is 0 Å². The van der Waals surface area contributed by atoms with E-state index < -0.39 is 0 Å². The van der Waals surface area contributed by atoms with Crippen molar-refractivity contribution in [2.75, 3.05) is 56.2 Å². The van der Waals surface area contributed by atoms with Crippen molar-refractivity contribution < 1.29 is 13.9 Å². The first-order valence-corrected chi connectivity index (χ1v) is 13.2. The number of hydrogen-bond acceptors (Lipinski definition) is 8. The molecule has 1 amide bonds. The number of hydrogen-bond donors (Lipinski definition) is 0. The van der Waals surface area contributed by atoms with Crippen molar-refractivity contribution >= 4 is 57.4 Å². The van der Waals surface area contributed by atoms with Gasteiger partial charge in [0.1, 0.15) is 21.6 Å². The average molecular weight is 540 g/mol. The molecule has 4 heterocycles. The highest BCUT2D eigenvalue weighted by molar-refractivity contribution is 8.26. The van der Waals surface area contributed by atoms with Gasteiger partial charge in [-0.1, -0.05) is 30.0 Å². The molecule has 5 rings (SSSR count). The minimum atomic E-state index is -0.267. The van der Waals surface area contributed by atoms with E-state index in [0.717, 1.165) is 5.69 Å². The van der Waals surface area contributed by atoms with E-state index in [1.807, 2.05) is 6.07 Å². The van der Waals surface area contributed by atoms with Gasteiger partial charge in [0.05, 0.1) is 10.5 Å². The summed E-state index contributed by atoms with van der Waals surface area (Å²) in [7, 11) is 1.62. The number of thioether (sulfide) groups is 1. The van der Waals surface area contributed by atoms with Gasteiger partial charge >= 0.3 is 0 Å². The monoisotopic (exact) mass is 539 g/mol. The van der Waals surface area contributed by atoms with Crippen LogP contribution in [0.15, 0.2) is 58.4 Å². The Balaban J connectivity index is 1.46. The van der Waals surface area contributed by atoms with Crippen LogP contribution in [0.25, 0.3) is 11.7 Å². The molecule has 0 aliphatic carbocycles. The predicted octanol–water partition coefficient (Wildman–Crippen LogP) is 3.40. The molecule has 192 valence electrons. The summed E-state index contributed by atoms with van der Waals surface area (Å²) in [6.45, 7) is 3.59. The molecule has 8 nitrogen and oxygen atoms in total. The molecule has 2 aromatic heterocycles. The fourth-order valence-electron chi connectivity index (χ4n) is 4.48. The predicted molar refractivity (Wildman–Crippen MR) is 149 cm³/mol. The number of nitrogens with zero attached hydrogens (tertiary/aromatic N) is 5. The maximum absolute atomic E-state index is 13.6. The minimum absolute atomic E-state index is 0.212. The molecule has 0 bridgehead atoms. The van der Waals surface area contributed by atoms with Crippen LogP contribution in [0.3, 0.4) is 0 Å². The lowest BCUT2D eigenvalue weighted by Crippen LogP contribution is -2.47. The molecule has 1 aromatic carbocycles. The van der Waals surface area contributed by atoms with Gasteiger partial charge in [0.15, 0.2) is 0 Å². The SMILES string of the molecule is COCCCN1C(=O)/C(=C\c2c(N3CCN(c4ccc(F)cc4)CC3)nc3ccccn3c2=O)SC1=S. The highest BCUT2D eigenvalue weighted by Gasteiger charge is 2.33. The summed E-state index contributed by atoms with van der Waals surface area (Å²) in [4.78, 5) is 37.8. The largest absolute Gasteiger partial charge is 0.385 e. The lowest BCUT2D eigenvalue weighted by atomic mass is 10.2. The van der Waals surface area contributed by atoms with Gasteiger partial charge < -0.3 is 14.5 Å². The maximum Gasteiger partial charge on any atom is 0.267 e. The Hall–Kier alpha value is -3.28. The number of ether oxygens (including phenoxy) is 1. The Bertz CT molecular complexity index is 1420. The average Bonchev–Trinajstić information content (AvgIpc) is 3.18. The number of carbonyl (C=O) groups excluding carboxylic acids is 1. The number of rotatable bonds is 7. The number of fused-ring (bicyclic) bond motifs is 1. The number of piperazine rings is 1. The zero-order valence-corrected chi connectivity index (χ0v) is 21.9. The lowest BCUT2D eigenvalue weighted by molar-refractivity contribution is -0.122. The van der Waals surface area contributed by atoms with E-state index in [9.17, 15) is 14.0 Å². The number of anilines is 2. The molecule has 11 heteroatoms. The Kier molecular flexibility index (Phi) is 7.54. The standard InChI is InChI=1S/C26H26FN5O3S2/c1-35-16-4-11-32-25(34)21(37-26(32)36)17-20-23(28-22-5-2-3-10-31(22)24(20)33)30-14-12-29(13-15-30)19-8-6-18(27)7-9-19/h2-3,5-10,17H,4,11-16H2,1H3/b21-17+. The van der Waals surface area contributed by atoms with Crippen molar-refractivity contribution in [2.45, 2.75) is 6.42 Å². The molecule has 0 atom stereocenters. The molecule has 0 spiro atoms. The number of aromatic nitrogens is 2. The molecule has 2 fully saturated rings. The minimum Gasteiger partial charge on any atom is -0.385 e. The summed E-state index contributed by atoms with van der Waals surface area (Å²) < 4.78 is 20.4. The summed E-state index contributed by atoms with van der Waals surface area (Å²) in [6, 6.07) is 11.9. The molecular formula is C26H26FN5O3S2. The van der Waals surface area contributed by atoms with Crippen LogP contribution in [-0.4, -0.2) is 71.0 Å². The van der Waals surface area contributed by atoms with Gasteiger partial charge in [0.2, 0.25) is 0 Å². The van der Waals surface area contributed by atoms with E-state index >= 15 is 0 Å². The summed E-state index contributed by atoms with van der Waals surface area (Å²) >= 11 is 6.64. The molecule has 37 heavy (non-hydrogen) atoms. The van der Waals surface area contributed by atoms with Crippen molar-refractivity contribution in [1.29, 1.82) is 0 Å². The number of thiocarbonyl (C=S) groups is 1. The van der Waals surface area contributed by atoms with Gasteiger partial charge in [-0.2, -0.15) is 0 Å². The van der Waals surface area contributed by atoms with Crippen LogP contribution in [0.4, 0.5) is 15.9 Å². The van der Waals surface area contributed by atoms with Gasteiger partial charge in [-0.25, -0.2) is 9.37 Å². The van der Waals surface area contributed by atoms with Gasteiger partial charge in [0, 0.05) is 58.3 Å². The van der Waals surface area contributed by atoms with E-state index in [2.05, 4.69) is 9.80 Å². The van der Waals surface area contributed by atoms with Gasteiger partial charge in [-0.15, -0.1) is 0 Å². The molecular weight excluding hydrogens is 513 g/mol. The number of methoxy groups -OCH3 is 1. The normalized spacial score (nSPS) is 17.5. The van der Waals surface area contributed by atoms with Crippen LogP contribution in [0.1, 0.15) is 12.0 Å². The highest BCUT2D eigenvalue weighted by Crippen LogP contribution is 2.34. The molecule has 2 aliphatic rings. The second kappa shape index (κ2) is 11.0. The van der Waals surface area contributed by atoms with E-state index in [0.29, 0.717) is 72.0 Å². The molecule has 2 saturated heterocycles. The quantitative estimate of drug-likeness (QED) is 0.257. The highest BCUT2D eigenvalue weighted by atomic mass is 32.2. The molecule has 0 radical (unpaired) electrons. The smallest absolute Gasteiger partial charge is 0.267 e. The third kappa shape index (κ3) is 5.25. The Labute approximate surface area is 223 Å². The first-order chi connectivity index (χ1) is 18.0. The number of carbonyl (C=O) groups is 1. The molecule has 0 saturated carbocycles. The second-order valence-electron chi connectivity index (χ2n) is 8.71. The van der Waals surface area contributed by atoms with Gasteiger partial charge in [0.25, 0.3) is 11.5 Å². The van der Waals surface area contributed by atoms with Crippen molar-refractivity contribution in [3.63, 3.8) is 0 Å². The molecule has 2 aliphatic heterocycles. The molecule has 3 aromatic rings. The van der Waals surface area contributed by atoms with Crippen LogP contribution in [-0.2, 0) is 9.53 Å². The Morgan fingerprint density at radius 3 is 2.54 bits per heavy atom. The summed E-state index contributed by atoms with van der Waals surface area (Å²) in [5, 5.41) is 0. The van der Waals surface area contributed by atoms with E-state index in [1.54, 1.807) is 48.5 Å². The number of halogens is 1. The number of pyridine rings is 1. The van der Waals surface area contributed by atoms with Crippen LogP contribution >= 0.6 is 24.0 Å². The van der Waals surface area contributed by atoms with Crippen molar-refractivity contribution in [2.24, 2.45) is 0 Å². The fraction of sp³-hybridized carbons (Fsp3) is 0.308. The summed E-state index contributed by atoms with van der Waals surface area (Å²) in [6.07, 6.45) is 3.97. The summed E-state index contributed by atoms with van der Waals surface area (Å²) in [5.74, 6) is 0.0623.